The molecule has 0 spiro atoms. The van der Waals surface area contributed by atoms with Gasteiger partial charge in [0.05, 0.1) is 26.4 Å². The van der Waals surface area contributed by atoms with Crippen molar-refractivity contribution < 1.29 is 38.0 Å². The SMILES string of the molecule is C=CC(=O)OC(COCc1ccc(SC)cc1)COc1c(C)cc(-c2cc(C)c(OCC(COCc3ccc(SC)cc3)OC(=O)C=C)c(C)c2)cc1C. The van der Waals surface area contributed by atoms with Crippen molar-refractivity contribution in [3.8, 4) is 22.6 Å². The van der Waals surface area contributed by atoms with Crippen LogP contribution in [0.25, 0.3) is 11.1 Å². The van der Waals surface area contributed by atoms with Crippen LogP contribution < -0.4 is 9.47 Å². The molecule has 8 nitrogen and oxygen atoms in total. The molecule has 0 heterocycles. The van der Waals surface area contributed by atoms with Crippen molar-refractivity contribution in [3.05, 3.63) is 131 Å². The van der Waals surface area contributed by atoms with E-state index in [0.717, 1.165) is 68.2 Å². The van der Waals surface area contributed by atoms with Crippen LogP contribution in [0.4, 0.5) is 0 Å². The molecule has 0 bridgehead atoms. The summed E-state index contributed by atoms with van der Waals surface area (Å²) in [7, 11) is 0. The summed E-state index contributed by atoms with van der Waals surface area (Å²) in [5.41, 5.74) is 7.87. The molecule has 4 aromatic carbocycles. The lowest BCUT2D eigenvalue weighted by atomic mass is 9.96. The first-order valence-electron chi connectivity index (χ1n) is 17.6. The fourth-order valence-electron chi connectivity index (χ4n) is 5.76. The first-order valence-corrected chi connectivity index (χ1v) is 20.0. The Morgan fingerprint density at radius 1 is 0.574 bits per heavy atom. The first-order chi connectivity index (χ1) is 26.0. The molecule has 0 aromatic heterocycles. The molecule has 0 aliphatic rings. The number of esters is 2. The third-order valence-corrected chi connectivity index (χ3v) is 9.93. The summed E-state index contributed by atoms with van der Waals surface area (Å²) in [6.45, 7) is 16.4. The van der Waals surface area contributed by atoms with Crippen molar-refractivity contribution in [1.29, 1.82) is 0 Å². The van der Waals surface area contributed by atoms with Crippen LogP contribution in [-0.2, 0) is 41.8 Å². The normalized spacial score (nSPS) is 12.0. The number of thioether (sulfide) groups is 2. The number of hydrogen-bond acceptors (Lipinski definition) is 10. The van der Waals surface area contributed by atoms with Gasteiger partial charge in [0, 0.05) is 21.9 Å². The van der Waals surface area contributed by atoms with Crippen molar-refractivity contribution in [2.75, 3.05) is 38.9 Å². The van der Waals surface area contributed by atoms with E-state index in [1.807, 2.05) is 64.5 Å². The van der Waals surface area contributed by atoms with Gasteiger partial charge in [-0.15, -0.1) is 23.5 Å². The van der Waals surface area contributed by atoms with Gasteiger partial charge in [0.25, 0.3) is 0 Å². The fourth-order valence-corrected chi connectivity index (χ4v) is 6.58. The molecule has 2 unspecified atom stereocenters. The Balaban J connectivity index is 1.39. The van der Waals surface area contributed by atoms with Gasteiger partial charge in [-0.3, -0.25) is 0 Å². The molecule has 286 valence electrons. The topological polar surface area (TPSA) is 89.5 Å². The molecule has 2 atom stereocenters. The number of benzene rings is 4. The smallest absolute Gasteiger partial charge is 0.330 e. The molecule has 0 radical (unpaired) electrons. The van der Waals surface area contributed by atoms with Crippen molar-refractivity contribution >= 4 is 35.5 Å². The Morgan fingerprint density at radius 2 is 0.907 bits per heavy atom. The van der Waals surface area contributed by atoms with E-state index in [9.17, 15) is 9.59 Å². The second-order valence-electron chi connectivity index (χ2n) is 12.8. The van der Waals surface area contributed by atoms with Crippen molar-refractivity contribution in [2.45, 2.75) is 62.9 Å². The Labute approximate surface area is 328 Å². The monoisotopic (exact) mass is 770 g/mol. The third kappa shape index (κ3) is 12.8. The lowest BCUT2D eigenvalue weighted by Crippen LogP contribution is -2.29. The fraction of sp³-hybridized carbons (Fsp3) is 0.318. The molecule has 54 heavy (non-hydrogen) atoms. The van der Waals surface area contributed by atoms with E-state index in [1.165, 1.54) is 9.79 Å². The summed E-state index contributed by atoms with van der Waals surface area (Å²) in [6.07, 6.45) is 5.10. The van der Waals surface area contributed by atoms with E-state index < -0.39 is 24.1 Å². The number of carbonyl (C=O) groups excluding carboxylic acids is 2. The summed E-state index contributed by atoms with van der Waals surface area (Å²) in [5, 5.41) is 0. The molecule has 0 saturated carbocycles. The Bertz CT molecular complexity index is 1690. The van der Waals surface area contributed by atoms with E-state index in [0.29, 0.717) is 13.2 Å². The van der Waals surface area contributed by atoms with E-state index in [1.54, 1.807) is 23.5 Å². The second kappa shape index (κ2) is 21.4. The third-order valence-electron chi connectivity index (χ3n) is 8.44. The highest BCUT2D eigenvalue weighted by Crippen LogP contribution is 2.34. The van der Waals surface area contributed by atoms with Crippen molar-refractivity contribution in [3.63, 3.8) is 0 Å². The largest absolute Gasteiger partial charge is 0.489 e. The summed E-state index contributed by atoms with van der Waals surface area (Å²) in [5.74, 6) is 0.374. The standard InChI is InChI=1S/C44H50O8S2/c1-9-41(45)51-37(25-47-23-33-11-15-39(53-7)16-12-33)27-49-43-29(3)19-35(20-30(43)4)36-21-31(5)44(32(6)22-36)50-28-38(52-42(46)10-2)26-48-24-34-13-17-40(54-8)18-14-34/h9-22,37-38H,1-2,23-28H2,3-8H3. The minimum Gasteiger partial charge on any atom is -0.489 e. The molecule has 0 aliphatic carbocycles. The molecule has 4 rings (SSSR count). The molecule has 10 heteroatoms. The molecular weight excluding hydrogens is 721 g/mol. The zero-order valence-corrected chi connectivity index (χ0v) is 33.6. The molecule has 0 saturated heterocycles. The van der Waals surface area contributed by atoms with Gasteiger partial charge in [-0.1, -0.05) is 37.4 Å². The van der Waals surface area contributed by atoms with Crippen LogP contribution in [0.3, 0.4) is 0 Å². The summed E-state index contributed by atoms with van der Waals surface area (Å²) in [6, 6.07) is 24.6. The Morgan fingerprint density at radius 3 is 1.20 bits per heavy atom. The second-order valence-corrected chi connectivity index (χ2v) is 14.5. The van der Waals surface area contributed by atoms with Crippen LogP contribution in [0, 0.1) is 27.7 Å². The van der Waals surface area contributed by atoms with Crippen LogP contribution >= 0.6 is 23.5 Å². The number of hydrogen-bond donors (Lipinski definition) is 0. The van der Waals surface area contributed by atoms with Crippen LogP contribution in [0.2, 0.25) is 0 Å². The Hall–Kier alpha value is -4.48. The summed E-state index contributed by atoms with van der Waals surface area (Å²) in [4.78, 5) is 26.6. The van der Waals surface area contributed by atoms with E-state index >= 15 is 0 Å². The van der Waals surface area contributed by atoms with Crippen LogP contribution in [-0.4, -0.2) is 63.1 Å². The maximum Gasteiger partial charge on any atom is 0.330 e. The quantitative estimate of drug-likeness (QED) is 0.0464. The molecule has 0 aliphatic heterocycles. The average Bonchev–Trinajstić information content (AvgIpc) is 3.17. The van der Waals surface area contributed by atoms with Crippen molar-refractivity contribution in [1.82, 2.24) is 0 Å². The van der Waals surface area contributed by atoms with E-state index in [4.69, 9.17) is 28.4 Å². The van der Waals surface area contributed by atoms with Gasteiger partial charge in [-0.25, -0.2) is 9.59 Å². The number of aryl methyl sites for hydroxylation is 4. The van der Waals surface area contributed by atoms with Crippen LogP contribution in [0.5, 0.6) is 11.5 Å². The highest BCUT2D eigenvalue weighted by atomic mass is 32.2. The van der Waals surface area contributed by atoms with Gasteiger partial charge < -0.3 is 28.4 Å². The highest BCUT2D eigenvalue weighted by Gasteiger charge is 2.19. The molecular formula is C44H50O8S2. The van der Waals surface area contributed by atoms with Gasteiger partial charge in [-0.2, -0.15) is 0 Å². The summed E-state index contributed by atoms with van der Waals surface area (Å²) >= 11 is 3.36. The Kier molecular flexibility index (Phi) is 16.8. The molecule has 0 fully saturated rings. The molecule has 4 aromatic rings. The lowest BCUT2D eigenvalue weighted by Gasteiger charge is -2.21. The first kappa shape index (κ1) is 42.3. The minimum absolute atomic E-state index is 0.121. The van der Waals surface area contributed by atoms with Crippen LogP contribution in [0.1, 0.15) is 33.4 Å². The molecule has 0 amide bonds. The van der Waals surface area contributed by atoms with Gasteiger partial charge in [0.1, 0.15) is 24.7 Å². The maximum absolute atomic E-state index is 12.1. The van der Waals surface area contributed by atoms with E-state index in [2.05, 4.69) is 61.7 Å². The summed E-state index contributed by atoms with van der Waals surface area (Å²) < 4.78 is 35.4. The lowest BCUT2D eigenvalue weighted by molar-refractivity contribution is -0.149. The van der Waals surface area contributed by atoms with Gasteiger partial charge >= 0.3 is 11.9 Å². The number of rotatable bonds is 21. The average molecular weight is 771 g/mol. The minimum atomic E-state index is -0.624. The maximum atomic E-state index is 12.1. The predicted molar refractivity (Wildman–Crippen MR) is 218 cm³/mol. The van der Waals surface area contributed by atoms with Gasteiger partial charge in [0.2, 0.25) is 0 Å². The predicted octanol–water partition coefficient (Wildman–Crippen LogP) is 9.42. The van der Waals surface area contributed by atoms with Crippen molar-refractivity contribution in [2.24, 2.45) is 0 Å². The molecule has 0 N–H and O–H groups in total. The zero-order valence-electron chi connectivity index (χ0n) is 32.0. The van der Waals surface area contributed by atoms with Gasteiger partial charge in [0.15, 0.2) is 12.2 Å². The number of carbonyl (C=O) groups is 2. The van der Waals surface area contributed by atoms with Gasteiger partial charge in [-0.05, 0) is 133 Å². The van der Waals surface area contributed by atoms with Crippen LogP contribution in [0.15, 0.2) is 108 Å². The number of ether oxygens (including phenoxy) is 6. The van der Waals surface area contributed by atoms with E-state index in [-0.39, 0.29) is 26.4 Å². The highest BCUT2D eigenvalue weighted by molar-refractivity contribution is 7.98. The zero-order chi connectivity index (χ0) is 39.0.